The first-order valence-electron chi connectivity index (χ1n) is 5.56. The standard InChI is InChI=1S/C11H23NO2/c1-8(2)12-5-11-6-13-9(3)10(4)14-7-11/h8-12H,5-7H2,1-4H3. The van der Waals surface area contributed by atoms with E-state index in [9.17, 15) is 0 Å². The van der Waals surface area contributed by atoms with Crippen LogP contribution >= 0.6 is 0 Å². The Balaban J connectivity index is 2.27. The van der Waals surface area contributed by atoms with Gasteiger partial charge in [0.2, 0.25) is 0 Å². The van der Waals surface area contributed by atoms with Crippen LogP contribution in [0.1, 0.15) is 27.7 Å². The molecule has 0 aromatic rings. The van der Waals surface area contributed by atoms with E-state index in [1.807, 2.05) is 0 Å². The van der Waals surface area contributed by atoms with Crippen LogP contribution in [0.5, 0.6) is 0 Å². The maximum atomic E-state index is 5.69. The van der Waals surface area contributed by atoms with Gasteiger partial charge in [-0.3, -0.25) is 0 Å². The first kappa shape index (κ1) is 12.0. The molecule has 1 heterocycles. The summed E-state index contributed by atoms with van der Waals surface area (Å²) in [4.78, 5) is 0. The van der Waals surface area contributed by atoms with Gasteiger partial charge in [-0.05, 0) is 13.8 Å². The first-order chi connectivity index (χ1) is 6.59. The van der Waals surface area contributed by atoms with Crippen LogP contribution in [0.2, 0.25) is 0 Å². The van der Waals surface area contributed by atoms with Crippen molar-refractivity contribution in [2.45, 2.75) is 45.9 Å². The third kappa shape index (κ3) is 3.95. The summed E-state index contributed by atoms with van der Waals surface area (Å²) in [5.74, 6) is 0.491. The monoisotopic (exact) mass is 201 g/mol. The molecule has 0 spiro atoms. The Hall–Kier alpha value is -0.120. The summed E-state index contributed by atoms with van der Waals surface area (Å²) in [6.07, 6.45) is 0.443. The summed E-state index contributed by atoms with van der Waals surface area (Å²) in [6, 6.07) is 0.535. The zero-order chi connectivity index (χ0) is 10.6. The van der Waals surface area contributed by atoms with Crippen molar-refractivity contribution < 1.29 is 9.47 Å². The number of nitrogens with one attached hydrogen (secondary N) is 1. The third-order valence-corrected chi connectivity index (χ3v) is 2.67. The molecule has 0 bridgehead atoms. The summed E-state index contributed by atoms with van der Waals surface area (Å²) in [6.45, 7) is 11.1. The van der Waals surface area contributed by atoms with Gasteiger partial charge < -0.3 is 14.8 Å². The van der Waals surface area contributed by atoms with Crippen molar-refractivity contribution in [3.63, 3.8) is 0 Å². The van der Waals surface area contributed by atoms with Gasteiger partial charge >= 0.3 is 0 Å². The lowest BCUT2D eigenvalue weighted by molar-refractivity contribution is -0.0157. The number of hydrogen-bond donors (Lipinski definition) is 1. The van der Waals surface area contributed by atoms with E-state index in [2.05, 4.69) is 33.0 Å². The molecule has 1 aliphatic heterocycles. The minimum atomic E-state index is 0.221. The highest BCUT2D eigenvalue weighted by molar-refractivity contribution is 4.70. The smallest absolute Gasteiger partial charge is 0.0806 e. The molecular weight excluding hydrogens is 178 g/mol. The molecule has 0 aromatic heterocycles. The Morgan fingerprint density at radius 1 is 1.14 bits per heavy atom. The van der Waals surface area contributed by atoms with Crippen molar-refractivity contribution >= 4 is 0 Å². The summed E-state index contributed by atoms with van der Waals surface area (Å²) in [5.41, 5.74) is 0. The Morgan fingerprint density at radius 2 is 1.64 bits per heavy atom. The van der Waals surface area contributed by atoms with Crippen LogP contribution in [0.15, 0.2) is 0 Å². The van der Waals surface area contributed by atoms with Crippen LogP contribution in [-0.4, -0.2) is 38.0 Å². The predicted octanol–water partition coefficient (Wildman–Crippen LogP) is 1.42. The average molecular weight is 201 g/mol. The van der Waals surface area contributed by atoms with E-state index in [1.54, 1.807) is 0 Å². The Kier molecular flexibility index (Phi) is 4.85. The number of ether oxygens (including phenoxy) is 2. The van der Waals surface area contributed by atoms with Crippen molar-refractivity contribution in [1.29, 1.82) is 0 Å². The maximum Gasteiger partial charge on any atom is 0.0806 e. The van der Waals surface area contributed by atoms with Crippen molar-refractivity contribution in [2.24, 2.45) is 5.92 Å². The molecule has 0 amide bonds. The lowest BCUT2D eigenvalue weighted by Crippen LogP contribution is -2.32. The van der Waals surface area contributed by atoms with Crippen molar-refractivity contribution in [3.05, 3.63) is 0 Å². The second kappa shape index (κ2) is 5.69. The van der Waals surface area contributed by atoms with Crippen molar-refractivity contribution in [2.75, 3.05) is 19.8 Å². The van der Waals surface area contributed by atoms with Crippen molar-refractivity contribution in [3.8, 4) is 0 Å². The molecule has 14 heavy (non-hydrogen) atoms. The largest absolute Gasteiger partial charge is 0.375 e. The molecule has 2 unspecified atom stereocenters. The third-order valence-electron chi connectivity index (χ3n) is 2.67. The molecule has 0 aliphatic carbocycles. The van der Waals surface area contributed by atoms with E-state index >= 15 is 0 Å². The molecule has 0 saturated carbocycles. The Bertz CT molecular complexity index is 147. The molecule has 84 valence electrons. The SMILES string of the molecule is CC(C)NCC1COC(C)C(C)OC1. The average Bonchev–Trinajstić information content (AvgIpc) is 2.28. The first-order valence-corrected chi connectivity index (χ1v) is 5.56. The van der Waals surface area contributed by atoms with Crippen LogP contribution in [-0.2, 0) is 9.47 Å². The maximum absolute atomic E-state index is 5.69. The molecule has 1 saturated heterocycles. The highest BCUT2D eigenvalue weighted by atomic mass is 16.5. The normalized spacial score (nSPS) is 34.5. The molecule has 1 rings (SSSR count). The topological polar surface area (TPSA) is 30.5 Å². The molecule has 3 nitrogen and oxygen atoms in total. The molecular formula is C11H23NO2. The molecule has 1 fully saturated rings. The minimum Gasteiger partial charge on any atom is -0.375 e. The minimum absolute atomic E-state index is 0.221. The lowest BCUT2D eigenvalue weighted by Gasteiger charge is -2.16. The van der Waals surface area contributed by atoms with Gasteiger partial charge in [0, 0.05) is 18.5 Å². The zero-order valence-corrected chi connectivity index (χ0v) is 9.75. The van der Waals surface area contributed by atoms with Gasteiger partial charge in [0.25, 0.3) is 0 Å². The molecule has 1 aliphatic rings. The highest BCUT2D eigenvalue weighted by Gasteiger charge is 2.22. The predicted molar refractivity (Wildman–Crippen MR) is 57.5 cm³/mol. The van der Waals surface area contributed by atoms with Gasteiger partial charge in [0.15, 0.2) is 0 Å². The van der Waals surface area contributed by atoms with Crippen molar-refractivity contribution in [1.82, 2.24) is 5.32 Å². The van der Waals surface area contributed by atoms with Gasteiger partial charge in [-0.1, -0.05) is 13.8 Å². The molecule has 3 heteroatoms. The van der Waals surface area contributed by atoms with E-state index in [0.717, 1.165) is 19.8 Å². The van der Waals surface area contributed by atoms with Crippen LogP contribution in [0.3, 0.4) is 0 Å². The summed E-state index contributed by atoms with van der Waals surface area (Å²) < 4.78 is 11.4. The van der Waals surface area contributed by atoms with E-state index in [-0.39, 0.29) is 12.2 Å². The fourth-order valence-corrected chi connectivity index (χ4v) is 1.42. The summed E-state index contributed by atoms with van der Waals surface area (Å²) >= 11 is 0. The second-order valence-corrected chi connectivity index (χ2v) is 4.51. The van der Waals surface area contributed by atoms with E-state index in [0.29, 0.717) is 12.0 Å². The van der Waals surface area contributed by atoms with E-state index in [1.165, 1.54) is 0 Å². The quantitative estimate of drug-likeness (QED) is 0.749. The van der Waals surface area contributed by atoms with Crippen LogP contribution in [0, 0.1) is 5.92 Å². The lowest BCUT2D eigenvalue weighted by atomic mass is 10.1. The Morgan fingerprint density at radius 3 is 2.07 bits per heavy atom. The summed E-state index contributed by atoms with van der Waals surface area (Å²) in [5, 5.41) is 3.41. The number of rotatable bonds is 3. The molecule has 0 radical (unpaired) electrons. The van der Waals surface area contributed by atoms with Crippen LogP contribution in [0.25, 0.3) is 0 Å². The zero-order valence-electron chi connectivity index (χ0n) is 9.75. The van der Waals surface area contributed by atoms with Gasteiger partial charge in [-0.25, -0.2) is 0 Å². The molecule has 2 atom stereocenters. The van der Waals surface area contributed by atoms with Gasteiger partial charge in [-0.15, -0.1) is 0 Å². The number of hydrogen-bond acceptors (Lipinski definition) is 3. The van der Waals surface area contributed by atoms with E-state index in [4.69, 9.17) is 9.47 Å². The summed E-state index contributed by atoms with van der Waals surface area (Å²) in [7, 11) is 0. The van der Waals surface area contributed by atoms with Crippen LogP contribution < -0.4 is 5.32 Å². The van der Waals surface area contributed by atoms with Crippen LogP contribution in [0.4, 0.5) is 0 Å². The molecule has 1 N–H and O–H groups in total. The van der Waals surface area contributed by atoms with Gasteiger partial charge in [0.05, 0.1) is 25.4 Å². The van der Waals surface area contributed by atoms with Gasteiger partial charge in [0.1, 0.15) is 0 Å². The van der Waals surface area contributed by atoms with E-state index < -0.39 is 0 Å². The highest BCUT2D eigenvalue weighted by Crippen LogP contribution is 2.12. The second-order valence-electron chi connectivity index (χ2n) is 4.51. The van der Waals surface area contributed by atoms with Gasteiger partial charge in [-0.2, -0.15) is 0 Å². The fraction of sp³-hybridized carbons (Fsp3) is 1.00. The fourth-order valence-electron chi connectivity index (χ4n) is 1.42. The Labute approximate surface area is 87.2 Å². The molecule has 0 aromatic carbocycles.